The molecular formula is C24H20F3N3O4. The van der Waals surface area contributed by atoms with E-state index in [2.05, 4.69) is 10.3 Å². The number of ether oxygens (including phenoxy) is 1. The van der Waals surface area contributed by atoms with Crippen molar-refractivity contribution in [1.82, 2.24) is 9.38 Å². The first-order chi connectivity index (χ1) is 16.2. The highest BCUT2D eigenvalue weighted by molar-refractivity contribution is 6.08. The molecule has 4 aromatic rings. The third kappa shape index (κ3) is 5.19. The lowest BCUT2D eigenvalue weighted by Crippen LogP contribution is -2.21. The van der Waals surface area contributed by atoms with Crippen LogP contribution in [0.1, 0.15) is 15.9 Å². The number of pyridine rings is 1. The van der Waals surface area contributed by atoms with Gasteiger partial charge >= 0.3 is 6.18 Å². The van der Waals surface area contributed by atoms with Crippen molar-refractivity contribution in [3.05, 3.63) is 84.2 Å². The first-order valence-electron chi connectivity index (χ1n) is 10.2. The lowest BCUT2D eigenvalue weighted by Gasteiger charge is -2.11. The van der Waals surface area contributed by atoms with Crippen molar-refractivity contribution in [1.29, 1.82) is 0 Å². The summed E-state index contributed by atoms with van der Waals surface area (Å²) in [5, 5.41) is 21.0. The van der Waals surface area contributed by atoms with Crippen LogP contribution in [0.2, 0.25) is 0 Å². The first kappa shape index (κ1) is 23.3. The van der Waals surface area contributed by atoms with E-state index < -0.39 is 30.4 Å². The minimum atomic E-state index is -4.48. The molecule has 1 amide bonds. The van der Waals surface area contributed by atoms with Crippen LogP contribution in [0.5, 0.6) is 5.75 Å². The van der Waals surface area contributed by atoms with E-state index in [1.165, 1.54) is 12.1 Å². The number of imidazole rings is 1. The molecule has 0 aliphatic carbocycles. The zero-order valence-electron chi connectivity index (χ0n) is 17.7. The quantitative estimate of drug-likeness (QED) is 0.379. The van der Waals surface area contributed by atoms with Crippen molar-refractivity contribution in [3.8, 4) is 17.0 Å². The van der Waals surface area contributed by atoms with Crippen LogP contribution in [0.15, 0.2) is 73.1 Å². The number of carbonyl (C=O) groups is 1. The van der Waals surface area contributed by atoms with Gasteiger partial charge in [0.15, 0.2) is 0 Å². The summed E-state index contributed by atoms with van der Waals surface area (Å²) in [5.41, 5.74) is 0.721. The minimum Gasteiger partial charge on any atom is -0.491 e. The molecule has 0 radical (unpaired) electrons. The van der Waals surface area contributed by atoms with Gasteiger partial charge in [0.2, 0.25) is 0 Å². The van der Waals surface area contributed by atoms with Gasteiger partial charge in [0.05, 0.1) is 23.4 Å². The summed E-state index contributed by atoms with van der Waals surface area (Å²) in [6, 6.07) is 14.5. The molecule has 176 valence electrons. The molecule has 2 aromatic heterocycles. The van der Waals surface area contributed by atoms with E-state index in [9.17, 15) is 23.1 Å². The van der Waals surface area contributed by atoms with Crippen LogP contribution in [-0.4, -0.2) is 44.8 Å². The average molecular weight is 471 g/mol. The van der Waals surface area contributed by atoms with Crippen LogP contribution in [0.3, 0.4) is 0 Å². The monoisotopic (exact) mass is 471 g/mol. The van der Waals surface area contributed by atoms with Crippen molar-refractivity contribution in [2.24, 2.45) is 0 Å². The molecule has 0 saturated carbocycles. The van der Waals surface area contributed by atoms with Gasteiger partial charge < -0.3 is 24.7 Å². The molecule has 0 spiro atoms. The van der Waals surface area contributed by atoms with Crippen molar-refractivity contribution in [2.45, 2.75) is 12.3 Å². The smallest absolute Gasteiger partial charge is 0.416 e. The Kier molecular flexibility index (Phi) is 6.53. The Hall–Kier alpha value is -3.89. The van der Waals surface area contributed by atoms with E-state index in [1.54, 1.807) is 53.2 Å². The molecule has 3 N–H and O–H groups in total. The Morgan fingerprint density at radius 2 is 1.91 bits per heavy atom. The number of hydrogen-bond donors (Lipinski definition) is 3. The second-order valence-corrected chi connectivity index (χ2v) is 7.49. The van der Waals surface area contributed by atoms with Gasteiger partial charge in [-0.05, 0) is 36.4 Å². The van der Waals surface area contributed by atoms with Gasteiger partial charge in [-0.1, -0.05) is 18.2 Å². The molecule has 7 nitrogen and oxygen atoms in total. The molecular weight excluding hydrogens is 451 g/mol. The molecule has 4 rings (SSSR count). The predicted molar refractivity (Wildman–Crippen MR) is 119 cm³/mol. The fourth-order valence-electron chi connectivity index (χ4n) is 3.29. The molecule has 0 aliphatic rings. The third-order valence-electron chi connectivity index (χ3n) is 4.96. The molecule has 0 aliphatic heterocycles. The third-order valence-corrected chi connectivity index (χ3v) is 4.96. The number of aliphatic hydroxyl groups is 2. The number of fused-ring (bicyclic) bond motifs is 1. The predicted octanol–water partition coefficient (Wildman–Crippen LogP) is 4.00. The highest BCUT2D eigenvalue weighted by Gasteiger charge is 2.30. The summed E-state index contributed by atoms with van der Waals surface area (Å²) in [7, 11) is 0. The maximum absolute atomic E-state index is 13.1. The molecule has 2 aromatic carbocycles. The number of rotatable bonds is 7. The van der Waals surface area contributed by atoms with E-state index in [4.69, 9.17) is 9.84 Å². The molecule has 2 heterocycles. The normalized spacial score (nSPS) is 12.5. The molecule has 1 atom stereocenters. The lowest BCUT2D eigenvalue weighted by atomic mass is 10.1. The Bertz CT molecular complexity index is 1320. The van der Waals surface area contributed by atoms with Gasteiger partial charge in [-0.25, -0.2) is 4.98 Å². The number of nitrogens with zero attached hydrogens (tertiary/aromatic N) is 2. The number of hydrogen-bond acceptors (Lipinski definition) is 5. The molecule has 0 bridgehead atoms. The number of amides is 1. The molecule has 0 fully saturated rings. The zero-order valence-corrected chi connectivity index (χ0v) is 17.7. The summed E-state index contributed by atoms with van der Waals surface area (Å²) < 4.78 is 46.2. The number of aliphatic hydroxyl groups excluding tert-OH is 2. The van der Waals surface area contributed by atoms with Gasteiger partial charge in [0.1, 0.15) is 24.1 Å². The highest BCUT2D eigenvalue weighted by Crippen LogP contribution is 2.32. The zero-order chi connectivity index (χ0) is 24.3. The van der Waals surface area contributed by atoms with Crippen molar-refractivity contribution in [3.63, 3.8) is 0 Å². The summed E-state index contributed by atoms with van der Waals surface area (Å²) in [4.78, 5) is 17.4. The highest BCUT2D eigenvalue weighted by atomic mass is 19.4. The summed E-state index contributed by atoms with van der Waals surface area (Å²) in [6.07, 6.45) is -2.30. The minimum absolute atomic E-state index is 0.112. The van der Waals surface area contributed by atoms with Crippen LogP contribution in [0.4, 0.5) is 18.9 Å². The second-order valence-electron chi connectivity index (χ2n) is 7.49. The van der Waals surface area contributed by atoms with Gasteiger partial charge in [0.25, 0.3) is 5.91 Å². The number of nitrogens with one attached hydrogen (secondary N) is 1. The van der Waals surface area contributed by atoms with Crippen molar-refractivity contribution in [2.75, 3.05) is 18.5 Å². The first-order valence-corrected chi connectivity index (χ1v) is 10.2. The number of halogens is 3. The van der Waals surface area contributed by atoms with Crippen LogP contribution >= 0.6 is 0 Å². The van der Waals surface area contributed by atoms with Crippen molar-refractivity contribution < 1.29 is 32.9 Å². The second kappa shape index (κ2) is 9.54. The van der Waals surface area contributed by atoms with Gasteiger partial charge in [0, 0.05) is 29.7 Å². The van der Waals surface area contributed by atoms with Crippen LogP contribution in [0.25, 0.3) is 16.9 Å². The summed E-state index contributed by atoms with van der Waals surface area (Å²) in [6.45, 7) is -0.549. The standard InChI is InChI=1S/C24H20F3N3O4/c25-24(26,27)16-5-1-4-15(10-16)21-12-30-9-3-8-20(22(30)29-21)23(33)28-17-6-2-7-19(11-17)34-14-18(32)13-31/h1-12,18,31-32H,13-14H2,(H,28,33). The fraction of sp³-hybridized carbons (Fsp3) is 0.167. The SMILES string of the molecule is O=C(Nc1cccc(OCC(O)CO)c1)c1cccn2cc(-c3cccc(C(F)(F)F)c3)nc12. The molecule has 1 unspecified atom stereocenters. The maximum atomic E-state index is 13.1. The number of benzene rings is 2. The average Bonchev–Trinajstić information content (AvgIpc) is 3.27. The van der Waals surface area contributed by atoms with E-state index in [0.717, 1.165) is 12.1 Å². The number of carbonyl (C=O) groups excluding carboxylic acids is 1. The van der Waals surface area contributed by atoms with Crippen LogP contribution in [-0.2, 0) is 6.18 Å². The largest absolute Gasteiger partial charge is 0.491 e. The maximum Gasteiger partial charge on any atom is 0.416 e. The summed E-state index contributed by atoms with van der Waals surface area (Å²) >= 11 is 0. The van der Waals surface area contributed by atoms with Crippen molar-refractivity contribution >= 4 is 17.2 Å². The van der Waals surface area contributed by atoms with Gasteiger partial charge in [-0.3, -0.25) is 4.79 Å². The van der Waals surface area contributed by atoms with E-state index in [0.29, 0.717) is 17.1 Å². The van der Waals surface area contributed by atoms with Gasteiger partial charge in [-0.2, -0.15) is 13.2 Å². The molecule has 0 saturated heterocycles. The van der Waals surface area contributed by atoms with E-state index in [1.807, 2.05) is 0 Å². The van der Waals surface area contributed by atoms with E-state index >= 15 is 0 Å². The Morgan fingerprint density at radius 1 is 1.12 bits per heavy atom. The van der Waals surface area contributed by atoms with Gasteiger partial charge in [-0.15, -0.1) is 0 Å². The van der Waals surface area contributed by atoms with Crippen LogP contribution in [0, 0.1) is 0 Å². The molecule has 34 heavy (non-hydrogen) atoms. The van der Waals surface area contributed by atoms with E-state index in [-0.39, 0.29) is 23.4 Å². The Labute approximate surface area is 192 Å². The van der Waals surface area contributed by atoms with Crippen LogP contribution < -0.4 is 10.1 Å². The fourth-order valence-corrected chi connectivity index (χ4v) is 3.29. The topological polar surface area (TPSA) is 96.1 Å². The lowest BCUT2D eigenvalue weighted by molar-refractivity contribution is -0.137. The number of aromatic nitrogens is 2. The number of alkyl halides is 3. The summed E-state index contributed by atoms with van der Waals surface area (Å²) in [5.74, 6) is -0.0875. The number of anilines is 1. The Balaban J connectivity index is 1.59. The Morgan fingerprint density at radius 3 is 2.68 bits per heavy atom. The molecule has 10 heteroatoms.